The van der Waals surface area contributed by atoms with E-state index in [1.165, 1.54) is 18.7 Å². The molecule has 46 heavy (non-hydrogen) atoms. The summed E-state index contributed by atoms with van der Waals surface area (Å²) in [6.45, 7) is 9.10. The summed E-state index contributed by atoms with van der Waals surface area (Å²) in [5.41, 5.74) is 5.31. The maximum absolute atomic E-state index is 13.5. The maximum atomic E-state index is 13.5. The Morgan fingerprint density at radius 1 is 0.826 bits per heavy atom. The van der Waals surface area contributed by atoms with Gasteiger partial charge in [0.25, 0.3) is 0 Å². The van der Waals surface area contributed by atoms with Crippen molar-refractivity contribution in [1.29, 1.82) is 0 Å². The molecule has 0 radical (unpaired) electrons. The van der Waals surface area contributed by atoms with Crippen molar-refractivity contribution in [1.82, 2.24) is 36.8 Å². The molecule has 0 bridgehead atoms. The molecular formula is C29H48N8O9. The molecule has 8 amide bonds. The summed E-state index contributed by atoms with van der Waals surface area (Å²) < 4.78 is 0. The van der Waals surface area contributed by atoms with Gasteiger partial charge in [0, 0.05) is 6.54 Å². The zero-order valence-electron chi connectivity index (χ0n) is 27.2. The van der Waals surface area contributed by atoms with Crippen LogP contribution < -0.4 is 37.6 Å². The van der Waals surface area contributed by atoms with Gasteiger partial charge in [0.05, 0.1) is 19.1 Å². The van der Waals surface area contributed by atoms with Gasteiger partial charge < -0.3 is 47.6 Å². The summed E-state index contributed by atoms with van der Waals surface area (Å²) in [6.07, 6.45) is -1.14. The Hall–Kier alpha value is -4.28. The van der Waals surface area contributed by atoms with Crippen LogP contribution in [0.4, 0.5) is 0 Å². The first-order chi connectivity index (χ1) is 21.4. The maximum Gasteiger partial charge on any atom is 0.248 e. The Labute approximate surface area is 267 Å². The number of primary amides is 1. The molecular weight excluding hydrogens is 604 g/mol. The fraction of sp³-hybridized carbons (Fsp3) is 0.724. The molecule has 2 aliphatic heterocycles. The summed E-state index contributed by atoms with van der Waals surface area (Å²) in [5.74, 6) is -6.93. The van der Waals surface area contributed by atoms with Gasteiger partial charge in [0.2, 0.25) is 47.3 Å². The molecule has 258 valence electrons. The minimum absolute atomic E-state index is 0.0996. The summed E-state index contributed by atoms with van der Waals surface area (Å²) >= 11 is 0. The van der Waals surface area contributed by atoms with Gasteiger partial charge in [-0.3, -0.25) is 38.4 Å². The number of rotatable bonds is 6. The van der Waals surface area contributed by atoms with Crippen molar-refractivity contribution in [2.45, 2.75) is 110 Å². The van der Waals surface area contributed by atoms with Crippen LogP contribution in [0.25, 0.3) is 0 Å². The molecule has 0 aromatic rings. The quantitative estimate of drug-likeness (QED) is 0.141. The lowest BCUT2D eigenvalue weighted by molar-refractivity contribution is -0.144. The minimum Gasteiger partial charge on any atom is -0.391 e. The molecule has 2 aliphatic rings. The van der Waals surface area contributed by atoms with Crippen LogP contribution in [0.5, 0.6) is 0 Å². The third-order valence-electron chi connectivity index (χ3n) is 7.70. The van der Waals surface area contributed by atoms with Crippen LogP contribution in [0.1, 0.15) is 67.2 Å². The number of nitrogens with two attached hydrogens (primary N) is 1. The lowest BCUT2D eigenvalue weighted by Gasteiger charge is -2.31. The molecule has 2 rings (SSSR count). The molecule has 9 N–H and O–H groups in total. The third-order valence-corrected chi connectivity index (χ3v) is 7.70. The Balaban J connectivity index is 2.49. The number of aliphatic hydroxyl groups is 1. The molecule has 2 fully saturated rings. The van der Waals surface area contributed by atoms with Crippen LogP contribution in [-0.4, -0.2) is 113 Å². The van der Waals surface area contributed by atoms with Gasteiger partial charge in [-0.15, -0.1) is 0 Å². The van der Waals surface area contributed by atoms with E-state index < -0.39 is 108 Å². The molecule has 0 unspecified atom stereocenters. The van der Waals surface area contributed by atoms with Gasteiger partial charge in [-0.25, -0.2) is 0 Å². The highest BCUT2D eigenvalue weighted by Gasteiger charge is 2.41. The fourth-order valence-electron chi connectivity index (χ4n) is 5.22. The molecule has 0 aromatic carbocycles. The number of hydrogen-bond donors (Lipinski definition) is 8. The Bertz CT molecular complexity index is 1190. The average Bonchev–Trinajstić information content (AvgIpc) is 3.45. The number of hydrogen-bond acceptors (Lipinski definition) is 9. The molecule has 0 saturated carbocycles. The average molecular weight is 653 g/mol. The SMILES string of the molecule is CC(C)C[C@H]1NC(=O)CNC(=O)[C@@H]2CCCN2C(=O)[C@H]([C@@H](C)O)NC(=O)[C@@H](C(C)C)NC(=O)[C@H](C)NC(=O)[C@@H](CC(N)=O)NC1=O. The molecule has 2 saturated heterocycles. The Morgan fingerprint density at radius 2 is 1.43 bits per heavy atom. The van der Waals surface area contributed by atoms with Gasteiger partial charge >= 0.3 is 0 Å². The van der Waals surface area contributed by atoms with E-state index in [4.69, 9.17) is 5.73 Å². The Morgan fingerprint density at radius 3 is 2.00 bits per heavy atom. The molecule has 17 nitrogen and oxygen atoms in total. The van der Waals surface area contributed by atoms with E-state index in [9.17, 15) is 43.5 Å². The normalized spacial score (nSPS) is 28.6. The van der Waals surface area contributed by atoms with Crippen molar-refractivity contribution >= 4 is 47.3 Å². The fourth-order valence-corrected chi connectivity index (χ4v) is 5.22. The first-order valence-electron chi connectivity index (χ1n) is 15.5. The van der Waals surface area contributed by atoms with E-state index >= 15 is 0 Å². The zero-order valence-corrected chi connectivity index (χ0v) is 27.2. The number of carbonyl (C=O) groups is 8. The monoisotopic (exact) mass is 652 g/mol. The predicted molar refractivity (Wildman–Crippen MR) is 163 cm³/mol. The molecule has 0 spiro atoms. The molecule has 0 aliphatic carbocycles. The highest BCUT2D eigenvalue weighted by atomic mass is 16.3. The number of nitrogens with zero attached hydrogens (tertiary/aromatic N) is 1. The molecule has 17 heteroatoms. The standard InChI is InChI=1S/C29H48N8O9/c1-13(2)10-17-26(43)34-18(11-20(30)39)25(42)32-15(5)24(41)35-22(14(3)4)28(45)36-23(16(6)38)29(46)37-9-7-8-19(37)27(44)31-12-21(40)33-17/h13-19,22-23,38H,7-12H2,1-6H3,(H2,30,39)(H,31,44)(H,32,42)(H,33,40)(H,34,43)(H,35,41)(H,36,45)/t15-,16+,17+,18+,19-,22+,23-/m0/s1. The van der Waals surface area contributed by atoms with Crippen LogP contribution in [0.15, 0.2) is 0 Å². The van der Waals surface area contributed by atoms with Crippen LogP contribution in [0.2, 0.25) is 0 Å². The smallest absolute Gasteiger partial charge is 0.248 e. The van der Waals surface area contributed by atoms with E-state index in [0.717, 1.165) is 0 Å². The van der Waals surface area contributed by atoms with Crippen molar-refractivity contribution in [3.8, 4) is 0 Å². The number of nitrogens with one attached hydrogen (secondary N) is 6. The molecule has 7 atom stereocenters. The van der Waals surface area contributed by atoms with Crippen molar-refractivity contribution < 1.29 is 43.5 Å². The Kier molecular flexibility index (Phi) is 13.9. The van der Waals surface area contributed by atoms with E-state index in [1.807, 2.05) is 0 Å². The molecule has 0 aromatic heterocycles. The first kappa shape index (κ1) is 37.9. The summed E-state index contributed by atoms with van der Waals surface area (Å²) in [7, 11) is 0. The van der Waals surface area contributed by atoms with Gasteiger partial charge in [0.15, 0.2) is 0 Å². The summed E-state index contributed by atoms with van der Waals surface area (Å²) in [4.78, 5) is 105. The van der Waals surface area contributed by atoms with Gasteiger partial charge in [-0.05, 0) is 44.9 Å². The minimum atomic E-state index is -1.50. The first-order valence-corrected chi connectivity index (χ1v) is 15.5. The number of carbonyl (C=O) groups excluding carboxylic acids is 8. The number of aliphatic hydroxyl groups excluding tert-OH is 1. The lowest BCUT2D eigenvalue weighted by atomic mass is 10.0. The number of amides is 8. The second-order valence-corrected chi connectivity index (χ2v) is 12.6. The van der Waals surface area contributed by atoms with Crippen molar-refractivity contribution in [3.05, 3.63) is 0 Å². The van der Waals surface area contributed by atoms with Gasteiger partial charge in [0.1, 0.15) is 36.3 Å². The van der Waals surface area contributed by atoms with Crippen LogP contribution >= 0.6 is 0 Å². The van der Waals surface area contributed by atoms with Crippen LogP contribution in [0, 0.1) is 11.8 Å². The van der Waals surface area contributed by atoms with Gasteiger partial charge in [-0.2, -0.15) is 0 Å². The molecule has 2 heterocycles. The van der Waals surface area contributed by atoms with E-state index in [2.05, 4.69) is 31.9 Å². The van der Waals surface area contributed by atoms with E-state index in [1.54, 1.807) is 27.7 Å². The van der Waals surface area contributed by atoms with Crippen molar-refractivity contribution in [2.24, 2.45) is 17.6 Å². The van der Waals surface area contributed by atoms with Crippen molar-refractivity contribution in [2.75, 3.05) is 13.1 Å². The van der Waals surface area contributed by atoms with Crippen LogP contribution in [-0.2, 0) is 38.4 Å². The summed E-state index contributed by atoms with van der Waals surface area (Å²) in [6, 6.07) is -7.58. The highest BCUT2D eigenvalue weighted by Crippen LogP contribution is 2.20. The van der Waals surface area contributed by atoms with Crippen LogP contribution in [0.3, 0.4) is 0 Å². The highest BCUT2D eigenvalue weighted by molar-refractivity contribution is 5.99. The van der Waals surface area contributed by atoms with E-state index in [0.29, 0.717) is 6.42 Å². The third kappa shape index (κ3) is 10.7. The zero-order chi connectivity index (χ0) is 34.9. The largest absolute Gasteiger partial charge is 0.391 e. The number of fused-ring (bicyclic) bond motifs is 1. The lowest BCUT2D eigenvalue weighted by Crippen LogP contribution is -2.61. The second-order valence-electron chi connectivity index (χ2n) is 12.6. The second kappa shape index (κ2) is 16.9. The summed E-state index contributed by atoms with van der Waals surface area (Å²) in [5, 5.41) is 25.3. The van der Waals surface area contributed by atoms with Crippen molar-refractivity contribution in [3.63, 3.8) is 0 Å². The predicted octanol–water partition coefficient (Wildman–Crippen LogP) is -3.49. The van der Waals surface area contributed by atoms with Gasteiger partial charge in [-0.1, -0.05) is 27.7 Å². The topological polar surface area (TPSA) is 258 Å². The van der Waals surface area contributed by atoms with E-state index in [-0.39, 0.29) is 25.3 Å².